The Balaban J connectivity index is 1.22. The highest BCUT2D eigenvalue weighted by Crippen LogP contribution is 2.36. The van der Waals surface area contributed by atoms with Crippen LogP contribution in [0.4, 0.5) is 4.39 Å². The van der Waals surface area contributed by atoms with Crippen molar-refractivity contribution in [1.29, 1.82) is 0 Å². The van der Waals surface area contributed by atoms with Crippen molar-refractivity contribution in [2.24, 2.45) is 0 Å². The van der Waals surface area contributed by atoms with Crippen molar-refractivity contribution in [2.75, 3.05) is 39.3 Å². The van der Waals surface area contributed by atoms with E-state index in [9.17, 15) is 4.39 Å². The molecule has 0 bridgehead atoms. The third-order valence-corrected chi connectivity index (χ3v) is 7.97. The topological polar surface area (TPSA) is 69.0 Å². The Kier molecular flexibility index (Phi) is 6.38. The number of benzene rings is 3. The Bertz CT molecular complexity index is 1680. The summed E-state index contributed by atoms with van der Waals surface area (Å²) < 4.78 is 20.7. The standard InChI is InChI=1S/C32H32FN5O/c33-24-16-23(17-25(19-24)39-15-14-38-12-1-2-13-38)26-4-3-5-29-27(26)20-31(35-29)32-28-18-22(6-7-30(28)36-37-32)21-8-10-34-11-9-21/h3-8,16-20,34-35H,1-2,9-15H2,(H,36,37). The van der Waals surface area contributed by atoms with Crippen LogP contribution in [-0.2, 0) is 0 Å². The number of halogens is 1. The molecular formula is C32H32FN5O. The van der Waals surface area contributed by atoms with Crippen LogP contribution >= 0.6 is 0 Å². The molecule has 1 fully saturated rings. The molecule has 0 amide bonds. The van der Waals surface area contributed by atoms with Gasteiger partial charge in [-0.3, -0.25) is 10.00 Å². The summed E-state index contributed by atoms with van der Waals surface area (Å²) in [5.74, 6) is 0.268. The van der Waals surface area contributed by atoms with Gasteiger partial charge in [0.1, 0.15) is 23.9 Å². The highest BCUT2D eigenvalue weighted by atomic mass is 19.1. The molecule has 39 heavy (non-hydrogen) atoms. The molecule has 2 aromatic heterocycles. The number of hydrogen-bond acceptors (Lipinski definition) is 4. The van der Waals surface area contributed by atoms with Gasteiger partial charge < -0.3 is 15.0 Å². The Morgan fingerprint density at radius 3 is 2.72 bits per heavy atom. The summed E-state index contributed by atoms with van der Waals surface area (Å²) in [5, 5.41) is 13.4. The number of ether oxygens (including phenoxy) is 1. The van der Waals surface area contributed by atoms with Gasteiger partial charge in [0, 0.05) is 35.4 Å². The van der Waals surface area contributed by atoms with Crippen LogP contribution in [0.15, 0.2) is 66.7 Å². The number of nitrogens with one attached hydrogen (secondary N) is 3. The molecule has 198 valence electrons. The van der Waals surface area contributed by atoms with E-state index in [0.29, 0.717) is 12.4 Å². The summed E-state index contributed by atoms with van der Waals surface area (Å²) >= 11 is 0. The second-order valence-corrected chi connectivity index (χ2v) is 10.5. The van der Waals surface area contributed by atoms with Gasteiger partial charge in [-0.15, -0.1) is 0 Å². The van der Waals surface area contributed by atoms with Crippen LogP contribution in [0, 0.1) is 5.82 Å². The lowest BCUT2D eigenvalue weighted by Crippen LogP contribution is -2.25. The zero-order valence-electron chi connectivity index (χ0n) is 21.9. The van der Waals surface area contributed by atoms with E-state index in [1.807, 2.05) is 18.2 Å². The number of hydrogen-bond donors (Lipinski definition) is 3. The van der Waals surface area contributed by atoms with Crippen LogP contribution in [0.5, 0.6) is 5.75 Å². The quantitative estimate of drug-likeness (QED) is 0.233. The molecule has 7 rings (SSSR count). The summed E-state index contributed by atoms with van der Waals surface area (Å²) in [6, 6.07) is 19.7. The summed E-state index contributed by atoms with van der Waals surface area (Å²) in [7, 11) is 0. The van der Waals surface area contributed by atoms with Crippen LogP contribution in [0.25, 0.3) is 49.9 Å². The van der Waals surface area contributed by atoms with Crippen molar-refractivity contribution >= 4 is 27.4 Å². The van der Waals surface area contributed by atoms with Crippen molar-refractivity contribution in [2.45, 2.75) is 19.3 Å². The van der Waals surface area contributed by atoms with Crippen LogP contribution in [0.2, 0.25) is 0 Å². The second kappa shape index (κ2) is 10.3. The molecule has 0 aliphatic carbocycles. The normalized spacial score (nSPS) is 16.3. The molecule has 2 aliphatic heterocycles. The molecule has 4 heterocycles. The number of H-pyrrole nitrogens is 2. The van der Waals surface area contributed by atoms with E-state index in [2.05, 4.69) is 61.8 Å². The largest absolute Gasteiger partial charge is 0.492 e. The highest BCUT2D eigenvalue weighted by Gasteiger charge is 2.16. The maximum Gasteiger partial charge on any atom is 0.127 e. The molecular weight excluding hydrogens is 489 g/mol. The van der Waals surface area contributed by atoms with E-state index >= 15 is 0 Å². The van der Waals surface area contributed by atoms with E-state index in [1.165, 1.54) is 30.0 Å². The maximum absolute atomic E-state index is 14.7. The first-order valence-corrected chi connectivity index (χ1v) is 13.9. The zero-order chi connectivity index (χ0) is 26.2. The monoisotopic (exact) mass is 521 g/mol. The van der Waals surface area contributed by atoms with E-state index in [0.717, 1.165) is 83.5 Å². The first-order valence-electron chi connectivity index (χ1n) is 13.9. The van der Waals surface area contributed by atoms with Gasteiger partial charge in [0.05, 0.1) is 11.2 Å². The van der Waals surface area contributed by atoms with Gasteiger partial charge in [0.15, 0.2) is 0 Å². The number of nitrogens with zero attached hydrogens (tertiary/aromatic N) is 2. The highest BCUT2D eigenvalue weighted by molar-refractivity contribution is 6.01. The molecule has 0 unspecified atom stereocenters. The van der Waals surface area contributed by atoms with E-state index in [4.69, 9.17) is 4.74 Å². The van der Waals surface area contributed by atoms with Gasteiger partial charge in [0.25, 0.3) is 0 Å². The average Bonchev–Trinajstić information content (AvgIpc) is 3.72. The molecule has 3 N–H and O–H groups in total. The fourth-order valence-electron chi connectivity index (χ4n) is 5.94. The van der Waals surface area contributed by atoms with Gasteiger partial charge in [-0.2, -0.15) is 5.10 Å². The fraction of sp³-hybridized carbons (Fsp3) is 0.281. The lowest BCUT2D eigenvalue weighted by Gasteiger charge is -2.15. The molecule has 2 aliphatic rings. The Morgan fingerprint density at radius 2 is 1.85 bits per heavy atom. The van der Waals surface area contributed by atoms with Crippen LogP contribution in [0.3, 0.4) is 0 Å². The molecule has 7 heteroatoms. The average molecular weight is 522 g/mol. The maximum atomic E-state index is 14.7. The minimum absolute atomic E-state index is 0.297. The fourth-order valence-corrected chi connectivity index (χ4v) is 5.94. The minimum atomic E-state index is -0.297. The molecule has 5 aromatic rings. The second-order valence-electron chi connectivity index (χ2n) is 10.5. The number of aromatic nitrogens is 3. The predicted molar refractivity (Wildman–Crippen MR) is 155 cm³/mol. The SMILES string of the molecule is Fc1cc(OCCN2CCCC2)cc(-c2cccc3[nH]c(-c4n[nH]c5ccc(C6=CCNCC6)cc45)cc23)c1. The summed E-state index contributed by atoms with van der Waals surface area (Å²) in [5.41, 5.74) is 8.16. The third-order valence-electron chi connectivity index (χ3n) is 7.97. The lowest BCUT2D eigenvalue weighted by molar-refractivity contribution is 0.237. The zero-order valence-corrected chi connectivity index (χ0v) is 21.9. The molecule has 0 spiro atoms. The van der Waals surface area contributed by atoms with Gasteiger partial charge in [-0.1, -0.05) is 24.3 Å². The summed E-state index contributed by atoms with van der Waals surface area (Å²) in [6.07, 6.45) is 5.78. The Labute approximate surface area is 226 Å². The molecule has 3 aromatic carbocycles. The minimum Gasteiger partial charge on any atom is -0.492 e. The lowest BCUT2D eigenvalue weighted by atomic mass is 9.98. The van der Waals surface area contributed by atoms with Crippen molar-refractivity contribution < 1.29 is 9.13 Å². The van der Waals surface area contributed by atoms with Crippen LogP contribution in [0.1, 0.15) is 24.8 Å². The molecule has 1 saturated heterocycles. The molecule has 0 saturated carbocycles. The molecule has 0 atom stereocenters. The van der Waals surface area contributed by atoms with Crippen LogP contribution < -0.4 is 10.1 Å². The first kappa shape index (κ1) is 24.1. The van der Waals surface area contributed by atoms with Gasteiger partial charge >= 0.3 is 0 Å². The molecule has 0 radical (unpaired) electrons. The Morgan fingerprint density at radius 1 is 0.923 bits per heavy atom. The van der Waals surface area contributed by atoms with Crippen molar-refractivity contribution in [1.82, 2.24) is 25.4 Å². The van der Waals surface area contributed by atoms with Crippen LogP contribution in [-0.4, -0.2) is 59.4 Å². The number of likely N-dealkylation sites (tertiary alicyclic amines) is 1. The van der Waals surface area contributed by atoms with Gasteiger partial charge in [-0.25, -0.2) is 4.39 Å². The van der Waals surface area contributed by atoms with Gasteiger partial charge in [-0.05, 0) is 97.6 Å². The predicted octanol–water partition coefficient (Wildman–Crippen LogP) is 6.37. The summed E-state index contributed by atoms with van der Waals surface area (Å²) in [6.45, 7) is 5.58. The van der Waals surface area contributed by atoms with E-state index < -0.39 is 0 Å². The van der Waals surface area contributed by atoms with E-state index in [-0.39, 0.29) is 5.82 Å². The van der Waals surface area contributed by atoms with E-state index in [1.54, 1.807) is 6.07 Å². The molecule has 6 nitrogen and oxygen atoms in total. The summed E-state index contributed by atoms with van der Waals surface area (Å²) in [4.78, 5) is 5.95. The third kappa shape index (κ3) is 4.84. The van der Waals surface area contributed by atoms with Crippen molar-refractivity contribution in [3.63, 3.8) is 0 Å². The first-order chi connectivity index (χ1) is 19.2. The Hall–Kier alpha value is -3.94. The van der Waals surface area contributed by atoms with Crippen molar-refractivity contribution in [3.05, 3.63) is 78.1 Å². The van der Waals surface area contributed by atoms with Crippen molar-refractivity contribution in [3.8, 4) is 28.3 Å². The number of aromatic amines is 2. The number of rotatable bonds is 7. The van der Waals surface area contributed by atoms with Gasteiger partial charge in [0.2, 0.25) is 0 Å². The number of fused-ring (bicyclic) bond motifs is 2. The smallest absolute Gasteiger partial charge is 0.127 e.